The fourth-order valence-electron chi connectivity index (χ4n) is 2.69. The summed E-state index contributed by atoms with van der Waals surface area (Å²) in [5.41, 5.74) is 2.73. The highest BCUT2D eigenvalue weighted by atomic mass is 19.1. The van der Waals surface area contributed by atoms with Crippen LogP contribution in [0.1, 0.15) is 0 Å². The number of hydrogen-bond donors (Lipinski definition) is 0. The van der Waals surface area contributed by atoms with Crippen LogP contribution in [0.15, 0.2) is 53.1 Å². The van der Waals surface area contributed by atoms with Gasteiger partial charge in [-0.1, -0.05) is 5.16 Å². The number of rotatable bonds is 3. The molecule has 2 aromatic carbocycles. The third-order valence-corrected chi connectivity index (χ3v) is 4.02. The fourth-order valence-corrected chi connectivity index (χ4v) is 2.69. The predicted octanol–water partition coefficient (Wildman–Crippen LogP) is 3.38. The van der Waals surface area contributed by atoms with Gasteiger partial charge in [-0.2, -0.15) is 4.98 Å². The van der Waals surface area contributed by atoms with E-state index in [0.29, 0.717) is 17.3 Å². The summed E-state index contributed by atoms with van der Waals surface area (Å²) in [6, 6.07) is 14.0. The molecular formula is C18H16FN3O2. The third-order valence-electron chi connectivity index (χ3n) is 4.02. The van der Waals surface area contributed by atoms with Gasteiger partial charge in [0, 0.05) is 29.9 Å². The van der Waals surface area contributed by atoms with Gasteiger partial charge >= 0.3 is 0 Å². The van der Waals surface area contributed by atoms with E-state index in [1.54, 1.807) is 12.1 Å². The van der Waals surface area contributed by atoms with Crippen LogP contribution in [0.25, 0.3) is 22.8 Å². The molecule has 122 valence electrons. The van der Waals surface area contributed by atoms with Gasteiger partial charge in [0.25, 0.3) is 5.89 Å². The number of aromatic nitrogens is 2. The highest BCUT2D eigenvalue weighted by Crippen LogP contribution is 2.25. The van der Waals surface area contributed by atoms with Crippen LogP contribution in [0.2, 0.25) is 0 Å². The average molecular weight is 325 g/mol. The SMILES string of the molecule is Fc1ccc(-c2nc(-c3ccc(N4CCOCC4)cc3)no2)cc1. The first-order chi connectivity index (χ1) is 11.8. The predicted molar refractivity (Wildman–Crippen MR) is 88.2 cm³/mol. The zero-order chi connectivity index (χ0) is 16.4. The first-order valence-corrected chi connectivity index (χ1v) is 7.82. The summed E-state index contributed by atoms with van der Waals surface area (Å²) in [6.07, 6.45) is 0. The number of nitrogens with zero attached hydrogens (tertiary/aromatic N) is 3. The molecule has 1 aliphatic rings. The number of ether oxygens (including phenoxy) is 1. The second kappa shape index (κ2) is 6.41. The van der Waals surface area contributed by atoms with Gasteiger partial charge in [-0.25, -0.2) is 4.39 Å². The van der Waals surface area contributed by atoms with E-state index < -0.39 is 0 Å². The summed E-state index contributed by atoms with van der Waals surface area (Å²) in [4.78, 5) is 6.67. The minimum Gasteiger partial charge on any atom is -0.378 e. The largest absolute Gasteiger partial charge is 0.378 e. The van der Waals surface area contributed by atoms with Gasteiger partial charge in [0.05, 0.1) is 13.2 Å². The molecule has 3 aromatic rings. The van der Waals surface area contributed by atoms with Crippen molar-refractivity contribution in [3.63, 3.8) is 0 Å². The molecule has 1 aromatic heterocycles. The van der Waals surface area contributed by atoms with Gasteiger partial charge in [-0.15, -0.1) is 0 Å². The van der Waals surface area contributed by atoms with Gasteiger partial charge in [-0.05, 0) is 48.5 Å². The molecule has 0 spiro atoms. The van der Waals surface area contributed by atoms with E-state index in [0.717, 1.165) is 37.6 Å². The lowest BCUT2D eigenvalue weighted by Gasteiger charge is -2.28. The number of benzene rings is 2. The number of morpholine rings is 1. The molecule has 1 saturated heterocycles. The van der Waals surface area contributed by atoms with Crippen molar-refractivity contribution in [2.45, 2.75) is 0 Å². The topological polar surface area (TPSA) is 51.4 Å². The summed E-state index contributed by atoms with van der Waals surface area (Å²) >= 11 is 0. The van der Waals surface area contributed by atoms with Crippen molar-refractivity contribution in [2.24, 2.45) is 0 Å². The van der Waals surface area contributed by atoms with E-state index >= 15 is 0 Å². The Morgan fingerprint density at radius 3 is 2.25 bits per heavy atom. The van der Waals surface area contributed by atoms with E-state index in [2.05, 4.69) is 27.2 Å². The molecule has 0 unspecified atom stereocenters. The Morgan fingerprint density at radius 1 is 0.875 bits per heavy atom. The normalized spacial score (nSPS) is 14.8. The van der Waals surface area contributed by atoms with E-state index in [1.165, 1.54) is 12.1 Å². The molecule has 6 heteroatoms. The first kappa shape index (κ1) is 14.8. The summed E-state index contributed by atoms with van der Waals surface area (Å²) in [5.74, 6) is 0.599. The highest BCUT2D eigenvalue weighted by Gasteiger charge is 2.13. The number of anilines is 1. The quantitative estimate of drug-likeness (QED) is 0.739. The molecule has 1 fully saturated rings. The van der Waals surface area contributed by atoms with Crippen molar-refractivity contribution in [2.75, 3.05) is 31.2 Å². The third kappa shape index (κ3) is 3.00. The maximum Gasteiger partial charge on any atom is 0.258 e. The molecular weight excluding hydrogens is 309 g/mol. The summed E-state index contributed by atoms with van der Waals surface area (Å²) in [7, 11) is 0. The molecule has 5 nitrogen and oxygen atoms in total. The van der Waals surface area contributed by atoms with Crippen LogP contribution in [0.3, 0.4) is 0 Å². The summed E-state index contributed by atoms with van der Waals surface area (Å²) < 4.78 is 23.6. The molecule has 2 heterocycles. The van der Waals surface area contributed by atoms with Crippen molar-refractivity contribution in [1.29, 1.82) is 0 Å². The fraction of sp³-hybridized carbons (Fsp3) is 0.222. The van der Waals surface area contributed by atoms with E-state index in [-0.39, 0.29) is 5.82 Å². The van der Waals surface area contributed by atoms with Crippen molar-refractivity contribution in [1.82, 2.24) is 10.1 Å². The Labute approximate surface area is 138 Å². The summed E-state index contributed by atoms with van der Waals surface area (Å²) in [6.45, 7) is 3.31. The van der Waals surface area contributed by atoms with Crippen LogP contribution in [-0.2, 0) is 4.74 Å². The Bertz CT molecular complexity index is 809. The minimum absolute atomic E-state index is 0.294. The molecule has 0 atom stereocenters. The van der Waals surface area contributed by atoms with Crippen molar-refractivity contribution >= 4 is 5.69 Å². The smallest absolute Gasteiger partial charge is 0.258 e. The molecule has 1 aliphatic heterocycles. The van der Waals surface area contributed by atoms with E-state index in [4.69, 9.17) is 9.26 Å². The second-order valence-electron chi connectivity index (χ2n) is 5.58. The monoisotopic (exact) mass is 325 g/mol. The molecule has 0 aliphatic carbocycles. The van der Waals surface area contributed by atoms with E-state index in [1.807, 2.05) is 12.1 Å². The standard InChI is InChI=1S/C18H16FN3O2/c19-15-5-1-14(2-6-15)18-20-17(21-24-18)13-3-7-16(8-4-13)22-9-11-23-12-10-22/h1-8H,9-12H2. The molecule has 24 heavy (non-hydrogen) atoms. The maximum absolute atomic E-state index is 13.0. The van der Waals surface area contributed by atoms with Crippen LogP contribution in [-0.4, -0.2) is 36.4 Å². The first-order valence-electron chi connectivity index (χ1n) is 7.82. The average Bonchev–Trinajstić information content (AvgIpc) is 3.13. The Hall–Kier alpha value is -2.73. The van der Waals surface area contributed by atoms with Crippen molar-refractivity contribution < 1.29 is 13.7 Å². The lowest BCUT2D eigenvalue weighted by Crippen LogP contribution is -2.36. The van der Waals surface area contributed by atoms with Crippen LogP contribution >= 0.6 is 0 Å². The van der Waals surface area contributed by atoms with E-state index in [9.17, 15) is 4.39 Å². The van der Waals surface area contributed by atoms with Crippen LogP contribution in [0.4, 0.5) is 10.1 Å². The number of hydrogen-bond acceptors (Lipinski definition) is 5. The molecule has 0 bridgehead atoms. The Morgan fingerprint density at radius 2 is 1.54 bits per heavy atom. The zero-order valence-corrected chi connectivity index (χ0v) is 13.0. The lowest BCUT2D eigenvalue weighted by atomic mass is 10.1. The lowest BCUT2D eigenvalue weighted by molar-refractivity contribution is 0.122. The summed E-state index contributed by atoms with van der Waals surface area (Å²) in [5, 5.41) is 4.01. The Kier molecular flexibility index (Phi) is 3.96. The van der Waals surface area contributed by atoms with Gasteiger partial charge in [0.15, 0.2) is 0 Å². The van der Waals surface area contributed by atoms with Crippen LogP contribution < -0.4 is 4.90 Å². The van der Waals surface area contributed by atoms with Gasteiger partial charge < -0.3 is 14.2 Å². The van der Waals surface area contributed by atoms with Gasteiger partial charge in [-0.3, -0.25) is 0 Å². The van der Waals surface area contributed by atoms with Crippen molar-refractivity contribution in [3.05, 3.63) is 54.3 Å². The van der Waals surface area contributed by atoms with Crippen LogP contribution in [0.5, 0.6) is 0 Å². The number of halogens is 1. The maximum atomic E-state index is 13.0. The zero-order valence-electron chi connectivity index (χ0n) is 13.0. The Balaban J connectivity index is 1.54. The van der Waals surface area contributed by atoms with Gasteiger partial charge in [0.1, 0.15) is 5.82 Å². The second-order valence-corrected chi connectivity index (χ2v) is 5.58. The molecule has 0 saturated carbocycles. The highest BCUT2D eigenvalue weighted by molar-refractivity contribution is 5.62. The molecule has 0 radical (unpaired) electrons. The van der Waals surface area contributed by atoms with Crippen molar-refractivity contribution in [3.8, 4) is 22.8 Å². The van der Waals surface area contributed by atoms with Gasteiger partial charge in [0.2, 0.25) is 5.82 Å². The molecule has 4 rings (SSSR count). The molecule has 0 N–H and O–H groups in total. The minimum atomic E-state index is -0.294. The van der Waals surface area contributed by atoms with Crippen LogP contribution in [0, 0.1) is 5.82 Å². The molecule has 0 amide bonds.